The van der Waals surface area contributed by atoms with Crippen molar-refractivity contribution in [1.29, 1.82) is 0 Å². The van der Waals surface area contributed by atoms with Gasteiger partial charge in [0.05, 0.1) is 12.8 Å². The molecule has 18 heavy (non-hydrogen) atoms. The number of anilines is 2. The van der Waals surface area contributed by atoms with Crippen LogP contribution in [0, 0.1) is 0 Å². The van der Waals surface area contributed by atoms with Crippen LogP contribution < -0.4 is 10.6 Å². The van der Waals surface area contributed by atoms with Crippen molar-refractivity contribution >= 4 is 17.3 Å². The van der Waals surface area contributed by atoms with Crippen molar-refractivity contribution in [1.82, 2.24) is 14.4 Å². The topological polar surface area (TPSA) is 94.7 Å². The smallest absolute Gasteiger partial charge is 0.180 e. The van der Waals surface area contributed by atoms with Crippen LogP contribution in [0.1, 0.15) is 6.92 Å². The second-order valence-corrected chi connectivity index (χ2v) is 4.39. The Labute approximate surface area is 105 Å². The van der Waals surface area contributed by atoms with Gasteiger partial charge in [-0.3, -0.25) is 0 Å². The highest BCUT2D eigenvalue weighted by atomic mass is 16.3. The fraction of sp³-hybridized carbons (Fsp3) is 0.455. The lowest BCUT2D eigenvalue weighted by Gasteiger charge is -2.21. The van der Waals surface area contributed by atoms with E-state index < -0.39 is 5.60 Å². The molecule has 0 fully saturated rings. The van der Waals surface area contributed by atoms with E-state index >= 15 is 0 Å². The van der Waals surface area contributed by atoms with Gasteiger partial charge in [0.15, 0.2) is 11.5 Å². The van der Waals surface area contributed by atoms with Crippen LogP contribution in [0.4, 0.5) is 11.6 Å². The molecule has 2 aromatic heterocycles. The van der Waals surface area contributed by atoms with E-state index in [0.717, 1.165) is 0 Å². The highest BCUT2D eigenvalue weighted by molar-refractivity contribution is 5.65. The predicted molar refractivity (Wildman–Crippen MR) is 68.7 cm³/mol. The monoisotopic (exact) mass is 251 g/mol. The van der Waals surface area contributed by atoms with Gasteiger partial charge in [-0.2, -0.15) is 0 Å². The lowest BCUT2D eigenvalue weighted by Crippen LogP contribution is -2.37. The van der Waals surface area contributed by atoms with Gasteiger partial charge in [-0.05, 0) is 6.92 Å². The van der Waals surface area contributed by atoms with Crippen LogP contribution in [0.15, 0.2) is 18.6 Å². The summed E-state index contributed by atoms with van der Waals surface area (Å²) in [7, 11) is 1.78. The average Bonchev–Trinajstić information content (AvgIpc) is 2.84. The number of aliphatic hydroxyl groups excluding tert-OH is 1. The first-order valence-electron chi connectivity index (χ1n) is 5.64. The van der Waals surface area contributed by atoms with Gasteiger partial charge in [-0.25, -0.2) is 9.97 Å². The van der Waals surface area contributed by atoms with Crippen LogP contribution in [0.2, 0.25) is 0 Å². The van der Waals surface area contributed by atoms with Crippen LogP contribution in [0.25, 0.3) is 5.65 Å². The zero-order valence-corrected chi connectivity index (χ0v) is 10.4. The molecular formula is C11H17N5O2. The Kier molecular flexibility index (Phi) is 3.35. The second-order valence-electron chi connectivity index (χ2n) is 4.39. The molecule has 0 aliphatic carbocycles. The quantitative estimate of drug-likeness (QED) is 0.594. The lowest BCUT2D eigenvalue weighted by molar-refractivity contribution is 0.0132. The third-order valence-electron chi connectivity index (χ3n) is 2.61. The van der Waals surface area contributed by atoms with E-state index in [-0.39, 0.29) is 13.2 Å². The summed E-state index contributed by atoms with van der Waals surface area (Å²) in [6.07, 6.45) is 5.30. The molecule has 0 bridgehead atoms. The molecule has 4 N–H and O–H groups in total. The molecular weight excluding hydrogens is 234 g/mol. The van der Waals surface area contributed by atoms with Crippen LogP contribution in [0.5, 0.6) is 0 Å². The SMILES string of the molecule is CNc1cn2ccnc2c(NCC(C)(O)CO)n1. The molecule has 1 unspecified atom stereocenters. The number of aliphatic hydroxyl groups is 2. The van der Waals surface area contributed by atoms with Gasteiger partial charge in [0.1, 0.15) is 11.4 Å². The van der Waals surface area contributed by atoms with Crippen molar-refractivity contribution < 1.29 is 10.2 Å². The fourth-order valence-corrected chi connectivity index (χ4v) is 1.50. The van der Waals surface area contributed by atoms with Gasteiger partial charge >= 0.3 is 0 Å². The first-order chi connectivity index (χ1) is 8.55. The molecule has 0 aromatic carbocycles. The summed E-state index contributed by atoms with van der Waals surface area (Å²) >= 11 is 0. The van der Waals surface area contributed by atoms with Gasteiger partial charge in [-0.1, -0.05) is 0 Å². The fourth-order valence-electron chi connectivity index (χ4n) is 1.50. The first-order valence-corrected chi connectivity index (χ1v) is 5.64. The van der Waals surface area contributed by atoms with E-state index in [4.69, 9.17) is 5.11 Å². The molecule has 0 saturated heterocycles. The molecule has 1 atom stereocenters. The Balaban J connectivity index is 2.28. The van der Waals surface area contributed by atoms with Gasteiger partial charge in [-0.15, -0.1) is 0 Å². The van der Waals surface area contributed by atoms with Gasteiger partial charge in [0.2, 0.25) is 0 Å². The minimum absolute atomic E-state index is 0.187. The Bertz CT molecular complexity index is 537. The van der Waals surface area contributed by atoms with Crippen molar-refractivity contribution in [2.75, 3.05) is 30.8 Å². The van der Waals surface area contributed by atoms with Crippen LogP contribution in [0.3, 0.4) is 0 Å². The molecule has 2 heterocycles. The first kappa shape index (κ1) is 12.6. The molecule has 0 saturated carbocycles. The Morgan fingerprint density at radius 3 is 2.94 bits per heavy atom. The number of fused-ring (bicyclic) bond motifs is 1. The van der Waals surface area contributed by atoms with E-state index in [1.54, 1.807) is 20.2 Å². The Hall–Kier alpha value is -1.86. The number of rotatable bonds is 5. The molecule has 2 aromatic rings. The van der Waals surface area contributed by atoms with E-state index in [2.05, 4.69) is 20.6 Å². The maximum absolute atomic E-state index is 9.75. The molecule has 7 nitrogen and oxygen atoms in total. The highest BCUT2D eigenvalue weighted by Gasteiger charge is 2.19. The molecule has 2 rings (SSSR count). The molecule has 0 amide bonds. The summed E-state index contributed by atoms with van der Waals surface area (Å²) in [6, 6.07) is 0. The average molecular weight is 251 g/mol. The maximum atomic E-state index is 9.75. The zero-order chi connectivity index (χ0) is 13.2. The molecule has 98 valence electrons. The summed E-state index contributed by atoms with van der Waals surface area (Å²) in [4.78, 5) is 8.52. The minimum Gasteiger partial charge on any atom is -0.393 e. The minimum atomic E-state index is -1.19. The van der Waals surface area contributed by atoms with Crippen LogP contribution in [-0.2, 0) is 0 Å². The summed E-state index contributed by atoms with van der Waals surface area (Å²) < 4.78 is 1.83. The Morgan fingerprint density at radius 2 is 2.28 bits per heavy atom. The summed E-state index contributed by atoms with van der Waals surface area (Å²) in [6.45, 7) is 1.41. The molecule has 0 radical (unpaired) electrons. The largest absolute Gasteiger partial charge is 0.393 e. The van der Waals surface area contributed by atoms with Crippen molar-refractivity contribution in [2.45, 2.75) is 12.5 Å². The third-order valence-corrected chi connectivity index (χ3v) is 2.61. The number of nitrogens with one attached hydrogen (secondary N) is 2. The van der Waals surface area contributed by atoms with Crippen molar-refractivity contribution in [2.24, 2.45) is 0 Å². The van der Waals surface area contributed by atoms with Crippen molar-refractivity contribution in [3.63, 3.8) is 0 Å². The normalized spacial score (nSPS) is 14.4. The number of hydrogen-bond donors (Lipinski definition) is 4. The summed E-state index contributed by atoms with van der Waals surface area (Å²) in [5.41, 5.74) is -0.524. The molecule has 0 aliphatic rings. The number of imidazole rings is 1. The van der Waals surface area contributed by atoms with E-state index in [1.807, 2.05) is 16.8 Å². The maximum Gasteiger partial charge on any atom is 0.180 e. The Morgan fingerprint density at radius 1 is 1.50 bits per heavy atom. The second kappa shape index (κ2) is 4.79. The van der Waals surface area contributed by atoms with Crippen LogP contribution >= 0.6 is 0 Å². The van der Waals surface area contributed by atoms with Crippen molar-refractivity contribution in [3.8, 4) is 0 Å². The molecule has 0 spiro atoms. The van der Waals surface area contributed by atoms with E-state index in [0.29, 0.717) is 17.3 Å². The van der Waals surface area contributed by atoms with E-state index in [1.165, 1.54) is 0 Å². The summed E-state index contributed by atoms with van der Waals surface area (Å²) in [5, 5.41) is 24.7. The zero-order valence-electron chi connectivity index (χ0n) is 10.4. The van der Waals surface area contributed by atoms with Gasteiger partial charge in [0.25, 0.3) is 0 Å². The predicted octanol–water partition coefficient (Wildman–Crippen LogP) is -0.0738. The van der Waals surface area contributed by atoms with Gasteiger partial charge < -0.3 is 25.2 Å². The van der Waals surface area contributed by atoms with Gasteiger partial charge in [0, 0.05) is 26.0 Å². The standard InChI is InChI=1S/C11H17N5O2/c1-11(18,7-17)6-14-9-10-13-3-4-16(10)5-8(12-2)15-9/h3-5,12,17-18H,6-7H2,1-2H3,(H,14,15). The summed E-state index contributed by atoms with van der Waals surface area (Å²) in [5.74, 6) is 1.24. The van der Waals surface area contributed by atoms with Crippen LogP contribution in [-0.4, -0.2) is 50.4 Å². The number of hydrogen-bond acceptors (Lipinski definition) is 6. The van der Waals surface area contributed by atoms with Crippen molar-refractivity contribution in [3.05, 3.63) is 18.6 Å². The van der Waals surface area contributed by atoms with E-state index in [9.17, 15) is 5.11 Å². The third kappa shape index (κ3) is 2.52. The molecule has 0 aliphatic heterocycles. The number of nitrogens with zero attached hydrogens (tertiary/aromatic N) is 3. The molecule has 7 heteroatoms. The number of aromatic nitrogens is 3. The highest BCUT2D eigenvalue weighted by Crippen LogP contribution is 2.16. The lowest BCUT2D eigenvalue weighted by atomic mass is 10.1.